The molecule has 5 nitrogen and oxygen atoms in total. The van der Waals surface area contributed by atoms with E-state index in [1.165, 1.54) is 5.56 Å². The molecule has 2 aromatic rings. The lowest BCUT2D eigenvalue weighted by Gasteiger charge is -2.12. The second-order valence-electron chi connectivity index (χ2n) is 5.79. The summed E-state index contributed by atoms with van der Waals surface area (Å²) in [6.07, 6.45) is 2.03. The molecule has 5 heteroatoms. The molecule has 0 saturated carbocycles. The number of aryl methyl sites for hydroxylation is 1. The molecule has 1 aromatic heterocycles. The Bertz CT molecular complexity index is 597. The Kier molecular flexibility index (Phi) is 4.31. The van der Waals surface area contributed by atoms with Crippen LogP contribution in [0.5, 0.6) is 0 Å². The van der Waals surface area contributed by atoms with Crippen molar-refractivity contribution < 1.29 is 9.63 Å². The first-order valence-electron chi connectivity index (χ1n) is 7.47. The van der Waals surface area contributed by atoms with Gasteiger partial charge < -0.3 is 9.63 Å². The van der Waals surface area contributed by atoms with Gasteiger partial charge in [0.25, 0.3) is 5.89 Å². The number of benzene rings is 1. The highest BCUT2D eigenvalue weighted by Crippen LogP contribution is 2.22. The fourth-order valence-electron chi connectivity index (χ4n) is 2.89. The molecule has 21 heavy (non-hydrogen) atoms. The van der Waals surface area contributed by atoms with Gasteiger partial charge in [0.1, 0.15) is 0 Å². The van der Waals surface area contributed by atoms with Crippen LogP contribution in [-0.4, -0.2) is 39.8 Å². The Morgan fingerprint density at radius 3 is 3.14 bits per heavy atom. The predicted molar refractivity (Wildman–Crippen MR) is 79.6 cm³/mol. The van der Waals surface area contributed by atoms with Crippen LogP contribution in [0.1, 0.15) is 24.2 Å². The van der Waals surface area contributed by atoms with Crippen LogP contribution in [0.2, 0.25) is 0 Å². The smallest absolute Gasteiger partial charge is 0.257 e. The van der Waals surface area contributed by atoms with Gasteiger partial charge in [0, 0.05) is 18.7 Å². The van der Waals surface area contributed by atoms with E-state index in [2.05, 4.69) is 15.0 Å². The summed E-state index contributed by atoms with van der Waals surface area (Å²) in [4.78, 5) is 6.81. The minimum Gasteiger partial charge on any atom is -0.396 e. The number of rotatable bonds is 5. The largest absolute Gasteiger partial charge is 0.396 e. The summed E-state index contributed by atoms with van der Waals surface area (Å²) in [5, 5.41) is 13.1. The van der Waals surface area contributed by atoms with E-state index in [1.807, 2.05) is 31.2 Å². The standard InChI is InChI=1S/C16H21N3O2/c1-12-3-2-4-14(9-12)16-17-15(18-21-16)11-19-7-5-13(10-19)6-8-20/h2-4,9,13,20H,5-8,10-11H2,1H3. The van der Waals surface area contributed by atoms with Crippen molar-refractivity contribution in [1.82, 2.24) is 15.0 Å². The molecule has 1 saturated heterocycles. The van der Waals surface area contributed by atoms with Gasteiger partial charge in [0.05, 0.1) is 6.54 Å². The molecule has 1 aliphatic heterocycles. The van der Waals surface area contributed by atoms with E-state index in [0.29, 0.717) is 11.8 Å². The number of hydrogen-bond acceptors (Lipinski definition) is 5. The molecule has 0 radical (unpaired) electrons. The van der Waals surface area contributed by atoms with E-state index in [9.17, 15) is 0 Å². The quantitative estimate of drug-likeness (QED) is 0.914. The number of nitrogens with zero attached hydrogens (tertiary/aromatic N) is 3. The van der Waals surface area contributed by atoms with Gasteiger partial charge in [0.15, 0.2) is 5.82 Å². The van der Waals surface area contributed by atoms with Crippen molar-refractivity contribution >= 4 is 0 Å². The molecule has 0 aliphatic carbocycles. The number of likely N-dealkylation sites (tertiary alicyclic amines) is 1. The molecular formula is C16H21N3O2. The van der Waals surface area contributed by atoms with Gasteiger partial charge in [-0.15, -0.1) is 0 Å². The highest BCUT2D eigenvalue weighted by molar-refractivity contribution is 5.53. The van der Waals surface area contributed by atoms with Crippen molar-refractivity contribution in [2.24, 2.45) is 5.92 Å². The maximum atomic E-state index is 9.00. The van der Waals surface area contributed by atoms with Crippen LogP contribution in [0.4, 0.5) is 0 Å². The maximum Gasteiger partial charge on any atom is 0.257 e. The summed E-state index contributed by atoms with van der Waals surface area (Å²) >= 11 is 0. The lowest BCUT2D eigenvalue weighted by atomic mass is 10.1. The number of aromatic nitrogens is 2. The van der Waals surface area contributed by atoms with E-state index >= 15 is 0 Å². The van der Waals surface area contributed by atoms with Crippen LogP contribution >= 0.6 is 0 Å². The lowest BCUT2D eigenvalue weighted by Crippen LogP contribution is -2.21. The average Bonchev–Trinajstić information content (AvgIpc) is 3.10. The molecule has 1 aromatic carbocycles. The first-order chi connectivity index (χ1) is 10.2. The Morgan fingerprint density at radius 2 is 2.33 bits per heavy atom. The normalized spacial score (nSPS) is 19.2. The minimum absolute atomic E-state index is 0.276. The van der Waals surface area contributed by atoms with Gasteiger partial charge in [-0.3, -0.25) is 4.90 Å². The fraction of sp³-hybridized carbons (Fsp3) is 0.500. The van der Waals surface area contributed by atoms with Gasteiger partial charge in [0.2, 0.25) is 0 Å². The summed E-state index contributed by atoms with van der Waals surface area (Å²) in [5.74, 6) is 1.91. The topological polar surface area (TPSA) is 62.4 Å². The van der Waals surface area contributed by atoms with Gasteiger partial charge in [-0.05, 0) is 44.4 Å². The number of aliphatic hydroxyl groups excluding tert-OH is 1. The molecule has 3 rings (SSSR count). The van der Waals surface area contributed by atoms with E-state index in [0.717, 1.165) is 43.9 Å². The third kappa shape index (κ3) is 3.49. The molecular weight excluding hydrogens is 266 g/mol. The van der Waals surface area contributed by atoms with Crippen molar-refractivity contribution in [3.8, 4) is 11.5 Å². The minimum atomic E-state index is 0.276. The van der Waals surface area contributed by atoms with E-state index < -0.39 is 0 Å². The van der Waals surface area contributed by atoms with Crippen molar-refractivity contribution in [2.75, 3.05) is 19.7 Å². The zero-order valence-corrected chi connectivity index (χ0v) is 12.3. The van der Waals surface area contributed by atoms with Crippen LogP contribution in [0.15, 0.2) is 28.8 Å². The summed E-state index contributed by atoms with van der Waals surface area (Å²) in [5.41, 5.74) is 2.15. The zero-order chi connectivity index (χ0) is 14.7. The molecule has 1 aliphatic rings. The number of hydrogen-bond donors (Lipinski definition) is 1. The van der Waals surface area contributed by atoms with Crippen molar-refractivity contribution in [2.45, 2.75) is 26.3 Å². The first-order valence-corrected chi connectivity index (χ1v) is 7.47. The second-order valence-corrected chi connectivity index (χ2v) is 5.79. The average molecular weight is 287 g/mol. The zero-order valence-electron chi connectivity index (χ0n) is 12.3. The highest BCUT2D eigenvalue weighted by atomic mass is 16.5. The van der Waals surface area contributed by atoms with Crippen molar-refractivity contribution in [1.29, 1.82) is 0 Å². The summed E-state index contributed by atoms with van der Waals surface area (Å²) in [7, 11) is 0. The van der Waals surface area contributed by atoms with Gasteiger partial charge in [-0.1, -0.05) is 22.9 Å². The summed E-state index contributed by atoms with van der Waals surface area (Å²) in [6.45, 7) is 5.09. The molecule has 0 bridgehead atoms. The Labute approximate surface area is 124 Å². The van der Waals surface area contributed by atoms with E-state index in [-0.39, 0.29) is 6.61 Å². The number of aliphatic hydroxyl groups is 1. The van der Waals surface area contributed by atoms with Gasteiger partial charge in [-0.25, -0.2) is 0 Å². The SMILES string of the molecule is Cc1cccc(-c2nc(CN3CCC(CCO)C3)no2)c1. The third-order valence-electron chi connectivity index (χ3n) is 4.01. The van der Waals surface area contributed by atoms with Gasteiger partial charge >= 0.3 is 0 Å². The lowest BCUT2D eigenvalue weighted by molar-refractivity contribution is 0.247. The molecule has 0 spiro atoms. The molecule has 2 heterocycles. The fourth-order valence-corrected chi connectivity index (χ4v) is 2.89. The summed E-state index contributed by atoms with van der Waals surface area (Å²) in [6, 6.07) is 8.07. The molecule has 0 amide bonds. The van der Waals surface area contributed by atoms with Gasteiger partial charge in [-0.2, -0.15) is 4.98 Å². The Balaban J connectivity index is 1.63. The summed E-state index contributed by atoms with van der Waals surface area (Å²) < 4.78 is 5.36. The third-order valence-corrected chi connectivity index (χ3v) is 4.01. The molecule has 1 N–H and O–H groups in total. The molecule has 1 atom stereocenters. The maximum absolute atomic E-state index is 9.00. The monoisotopic (exact) mass is 287 g/mol. The second kappa shape index (κ2) is 6.37. The molecule has 1 fully saturated rings. The highest BCUT2D eigenvalue weighted by Gasteiger charge is 2.23. The Morgan fingerprint density at radius 1 is 1.43 bits per heavy atom. The van der Waals surface area contributed by atoms with Crippen LogP contribution in [0, 0.1) is 12.8 Å². The first kappa shape index (κ1) is 14.2. The van der Waals surface area contributed by atoms with Crippen LogP contribution in [-0.2, 0) is 6.54 Å². The van der Waals surface area contributed by atoms with Crippen molar-refractivity contribution in [3.05, 3.63) is 35.7 Å². The van der Waals surface area contributed by atoms with Crippen LogP contribution in [0.3, 0.4) is 0 Å². The van der Waals surface area contributed by atoms with Crippen LogP contribution in [0.25, 0.3) is 11.5 Å². The Hall–Kier alpha value is -1.72. The molecule has 112 valence electrons. The van der Waals surface area contributed by atoms with E-state index in [4.69, 9.17) is 9.63 Å². The molecule has 1 unspecified atom stereocenters. The van der Waals surface area contributed by atoms with E-state index in [1.54, 1.807) is 0 Å². The van der Waals surface area contributed by atoms with Crippen molar-refractivity contribution in [3.63, 3.8) is 0 Å². The predicted octanol–water partition coefficient (Wildman–Crippen LogP) is 2.25. The van der Waals surface area contributed by atoms with Crippen LogP contribution < -0.4 is 0 Å².